The van der Waals surface area contributed by atoms with Gasteiger partial charge in [0, 0.05) is 36.0 Å². The van der Waals surface area contributed by atoms with Crippen molar-refractivity contribution in [3.63, 3.8) is 0 Å². The Morgan fingerprint density at radius 3 is 3.04 bits per heavy atom. The molecule has 1 fully saturated rings. The van der Waals surface area contributed by atoms with E-state index < -0.39 is 6.23 Å². The van der Waals surface area contributed by atoms with Gasteiger partial charge in [0.2, 0.25) is 5.91 Å². The van der Waals surface area contributed by atoms with Crippen molar-refractivity contribution in [2.75, 3.05) is 18.4 Å². The molecule has 5 rings (SSSR count). The number of aromatic amines is 1. The number of aromatic nitrogens is 3. The van der Waals surface area contributed by atoms with Crippen molar-refractivity contribution in [1.29, 1.82) is 0 Å². The molecule has 0 spiro atoms. The summed E-state index contributed by atoms with van der Waals surface area (Å²) < 4.78 is 0. The van der Waals surface area contributed by atoms with Crippen molar-refractivity contribution in [3.8, 4) is 0 Å². The fourth-order valence-electron chi connectivity index (χ4n) is 3.63. The summed E-state index contributed by atoms with van der Waals surface area (Å²) in [6.07, 6.45) is 6.07. The topological polar surface area (TPSA) is 94.1 Å². The second-order valence-electron chi connectivity index (χ2n) is 7.32. The number of rotatable bonds is 5. The second-order valence-corrected chi connectivity index (χ2v) is 8.04. The number of pyridine rings is 1. The highest BCUT2D eigenvalue weighted by atomic mass is 32.1. The molecule has 1 unspecified atom stereocenters. The van der Waals surface area contributed by atoms with Gasteiger partial charge in [-0.15, -0.1) is 11.3 Å². The van der Waals surface area contributed by atoms with Gasteiger partial charge in [0.1, 0.15) is 11.5 Å². The maximum absolute atomic E-state index is 12.2. The Morgan fingerprint density at radius 1 is 1.43 bits per heavy atom. The molecule has 1 atom stereocenters. The van der Waals surface area contributed by atoms with E-state index in [2.05, 4.69) is 26.3 Å². The second kappa shape index (κ2) is 7.12. The first kappa shape index (κ1) is 17.5. The summed E-state index contributed by atoms with van der Waals surface area (Å²) in [6.45, 7) is 1.38. The van der Waals surface area contributed by atoms with Gasteiger partial charge in [-0.3, -0.25) is 9.69 Å². The molecule has 28 heavy (non-hydrogen) atoms. The Morgan fingerprint density at radius 2 is 2.32 bits per heavy atom. The lowest BCUT2D eigenvalue weighted by molar-refractivity contribution is -0.117. The van der Waals surface area contributed by atoms with Gasteiger partial charge in [-0.25, -0.2) is 9.97 Å². The lowest BCUT2D eigenvalue weighted by atomic mass is 9.97. The molecule has 3 aromatic heterocycles. The number of nitrogens with one attached hydrogen (secondary N) is 2. The number of fused-ring (bicyclic) bond motifs is 1. The zero-order valence-electron chi connectivity index (χ0n) is 15.3. The van der Waals surface area contributed by atoms with Crippen LogP contribution in [0.5, 0.6) is 0 Å². The van der Waals surface area contributed by atoms with E-state index in [4.69, 9.17) is 0 Å². The number of anilines is 1. The summed E-state index contributed by atoms with van der Waals surface area (Å²) in [5.74, 6) is 0.784. The van der Waals surface area contributed by atoms with Crippen LogP contribution in [0.1, 0.15) is 36.7 Å². The molecule has 0 bridgehead atoms. The number of carbonyl (C=O) groups is 1. The van der Waals surface area contributed by atoms with Crippen molar-refractivity contribution < 1.29 is 9.90 Å². The summed E-state index contributed by atoms with van der Waals surface area (Å²) in [6, 6.07) is 3.98. The SMILES string of the molecule is O=C(Nc1cc(C2=CCN(C(O)c3cscn3)CC2)c2cc[nH]c2n1)C1CC1. The first-order valence-electron chi connectivity index (χ1n) is 9.47. The summed E-state index contributed by atoms with van der Waals surface area (Å²) in [4.78, 5) is 26.1. The smallest absolute Gasteiger partial charge is 0.228 e. The number of aliphatic hydroxyl groups is 1. The predicted molar refractivity (Wildman–Crippen MR) is 109 cm³/mol. The summed E-state index contributed by atoms with van der Waals surface area (Å²) in [5, 5.41) is 16.4. The molecular formula is C20H21N5O2S. The molecule has 1 amide bonds. The van der Waals surface area contributed by atoms with Crippen LogP contribution in [-0.4, -0.2) is 44.0 Å². The summed E-state index contributed by atoms with van der Waals surface area (Å²) in [7, 11) is 0. The highest BCUT2D eigenvalue weighted by Crippen LogP contribution is 2.33. The Labute approximate surface area is 166 Å². The molecular weight excluding hydrogens is 374 g/mol. The van der Waals surface area contributed by atoms with Crippen LogP contribution in [0, 0.1) is 5.92 Å². The van der Waals surface area contributed by atoms with E-state index in [1.54, 1.807) is 5.51 Å². The van der Waals surface area contributed by atoms with E-state index >= 15 is 0 Å². The number of amides is 1. The van der Waals surface area contributed by atoms with E-state index in [-0.39, 0.29) is 11.8 Å². The van der Waals surface area contributed by atoms with E-state index in [0.717, 1.165) is 42.4 Å². The van der Waals surface area contributed by atoms with Crippen LogP contribution in [0.3, 0.4) is 0 Å². The van der Waals surface area contributed by atoms with Crippen molar-refractivity contribution in [1.82, 2.24) is 19.9 Å². The maximum Gasteiger partial charge on any atom is 0.228 e. The lowest BCUT2D eigenvalue weighted by Gasteiger charge is -2.30. The number of thiazole rings is 1. The Balaban J connectivity index is 1.40. The Kier molecular flexibility index (Phi) is 4.46. The van der Waals surface area contributed by atoms with Crippen molar-refractivity contribution >= 4 is 39.7 Å². The monoisotopic (exact) mass is 395 g/mol. The average molecular weight is 395 g/mol. The molecule has 1 saturated carbocycles. The van der Waals surface area contributed by atoms with Gasteiger partial charge >= 0.3 is 0 Å². The van der Waals surface area contributed by atoms with E-state index in [1.165, 1.54) is 16.9 Å². The highest BCUT2D eigenvalue weighted by Gasteiger charge is 2.30. The quantitative estimate of drug-likeness (QED) is 0.617. The molecule has 4 heterocycles. The first-order chi connectivity index (χ1) is 13.7. The van der Waals surface area contributed by atoms with Crippen LogP contribution < -0.4 is 5.32 Å². The Hall–Kier alpha value is -2.55. The number of aliphatic hydroxyl groups excluding tert-OH is 1. The van der Waals surface area contributed by atoms with Crippen LogP contribution in [-0.2, 0) is 4.79 Å². The van der Waals surface area contributed by atoms with Gasteiger partial charge < -0.3 is 15.4 Å². The van der Waals surface area contributed by atoms with Crippen LogP contribution in [0.2, 0.25) is 0 Å². The number of carbonyl (C=O) groups excluding carboxylic acids is 1. The minimum atomic E-state index is -0.679. The highest BCUT2D eigenvalue weighted by molar-refractivity contribution is 7.07. The summed E-state index contributed by atoms with van der Waals surface area (Å²) in [5.41, 5.74) is 5.50. The first-order valence-corrected chi connectivity index (χ1v) is 10.4. The largest absolute Gasteiger partial charge is 0.372 e. The molecule has 144 valence electrons. The van der Waals surface area contributed by atoms with Crippen LogP contribution >= 0.6 is 11.3 Å². The summed E-state index contributed by atoms with van der Waals surface area (Å²) >= 11 is 1.49. The predicted octanol–water partition coefficient (Wildman–Crippen LogP) is 3.15. The fourth-order valence-corrected chi connectivity index (χ4v) is 4.19. The molecule has 0 radical (unpaired) electrons. The van der Waals surface area contributed by atoms with Gasteiger partial charge in [-0.1, -0.05) is 6.08 Å². The molecule has 1 aliphatic heterocycles. The van der Waals surface area contributed by atoms with Crippen molar-refractivity contribution in [2.45, 2.75) is 25.5 Å². The lowest BCUT2D eigenvalue weighted by Crippen LogP contribution is -2.32. The average Bonchev–Trinajstić information content (AvgIpc) is 3.22. The standard InChI is InChI=1S/C20H21N5O2S/c26-19(13-1-2-13)24-17-9-15(14-3-6-21-18(14)23-17)12-4-7-25(8-5-12)20(27)16-10-28-11-22-16/h3-4,6,9-11,13,20,27H,1-2,5,7-8H2,(H2,21,23,24,26). The van der Waals surface area contributed by atoms with Gasteiger partial charge in [0.25, 0.3) is 0 Å². The minimum Gasteiger partial charge on any atom is -0.372 e. The van der Waals surface area contributed by atoms with Gasteiger partial charge in [0.05, 0.1) is 11.2 Å². The minimum absolute atomic E-state index is 0.0551. The molecule has 1 aliphatic carbocycles. The van der Waals surface area contributed by atoms with Crippen LogP contribution in [0.4, 0.5) is 5.82 Å². The molecule has 3 N–H and O–H groups in total. The van der Waals surface area contributed by atoms with E-state index in [1.807, 2.05) is 28.6 Å². The number of hydrogen-bond donors (Lipinski definition) is 3. The van der Waals surface area contributed by atoms with Crippen molar-refractivity contribution in [2.24, 2.45) is 5.92 Å². The van der Waals surface area contributed by atoms with Gasteiger partial charge in [-0.05, 0) is 42.5 Å². The molecule has 7 nitrogen and oxygen atoms in total. The zero-order chi connectivity index (χ0) is 19.1. The normalized spacial score (nSPS) is 18.8. The molecule has 0 aromatic carbocycles. The molecule has 2 aliphatic rings. The fraction of sp³-hybridized carbons (Fsp3) is 0.350. The third-order valence-corrected chi connectivity index (χ3v) is 5.98. The van der Waals surface area contributed by atoms with Crippen LogP contribution in [0.15, 0.2) is 35.3 Å². The van der Waals surface area contributed by atoms with Crippen molar-refractivity contribution in [3.05, 3.63) is 46.6 Å². The third-order valence-electron chi connectivity index (χ3n) is 5.38. The number of H-pyrrole nitrogens is 1. The van der Waals surface area contributed by atoms with Gasteiger partial charge in [0.15, 0.2) is 6.23 Å². The molecule has 0 saturated heterocycles. The molecule has 3 aromatic rings. The molecule has 8 heteroatoms. The number of hydrogen-bond acceptors (Lipinski definition) is 6. The Bertz CT molecular complexity index is 1040. The van der Waals surface area contributed by atoms with Gasteiger partial charge in [-0.2, -0.15) is 0 Å². The van der Waals surface area contributed by atoms with E-state index in [9.17, 15) is 9.90 Å². The number of nitrogens with zero attached hydrogens (tertiary/aromatic N) is 3. The zero-order valence-corrected chi connectivity index (χ0v) is 16.1. The van der Waals surface area contributed by atoms with E-state index in [0.29, 0.717) is 18.1 Å². The van der Waals surface area contributed by atoms with Crippen LogP contribution in [0.25, 0.3) is 16.6 Å². The third kappa shape index (κ3) is 3.34. The maximum atomic E-state index is 12.2.